The number of ether oxygens (including phenoxy) is 1. The van der Waals surface area contributed by atoms with E-state index in [1.165, 1.54) is 27.1 Å². The van der Waals surface area contributed by atoms with Gasteiger partial charge in [0.25, 0.3) is 5.56 Å². The zero-order valence-corrected chi connectivity index (χ0v) is 17.9. The van der Waals surface area contributed by atoms with Gasteiger partial charge in [0.2, 0.25) is 5.91 Å². The molecule has 1 N–H and O–H groups in total. The summed E-state index contributed by atoms with van der Waals surface area (Å²) in [5.74, 6) is 0.576. The van der Waals surface area contributed by atoms with Gasteiger partial charge in [-0.2, -0.15) is 0 Å². The van der Waals surface area contributed by atoms with Crippen LogP contribution >= 0.6 is 22.7 Å². The maximum Gasteiger partial charge on any atom is 0.263 e. The van der Waals surface area contributed by atoms with E-state index < -0.39 is 0 Å². The third-order valence-corrected chi connectivity index (χ3v) is 7.09. The summed E-state index contributed by atoms with van der Waals surface area (Å²) in [7, 11) is 0. The fourth-order valence-corrected chi connectivity index (χ4v) is 5.59. The highest BCUT2D eigenvalue weighted by Gasteiger charge is 2.23. The zero-order valence-electron chi connectivity index (χ0n) is 16.3. The molecule has 1 aliphatic rings. The van der Waals surface area contributed by atoms with E-state index in [9.17, 15) is 9.59 Å². The molecule has 3 aromatic heterocycles. The number of benzene rings is 1. The number of fused-ring (bicyclic) bond motifs is 2. The lowest BCUT2D eigenvalue weighted by Crippen LogP contribution is -2.36. The van der Waals surface area contributed by atoms with Crippen LogP contribution in [-0.2, 0) is 11.3 Å². The predicted octanol–water partition coefficient (Wildman–Crippen LogP) is 4.13. The van der Waals surface area contributed by atoms with E-state index in [4.69, 9.17) is 4.74 Å². The fraction of sp³-hybridized carbons (Fsp3) is 0.227. The van der Waals surface area contributed by atoms with Crippen molar-refractivity contribution in [2.24, 2.45) is 0 Å². The first-order valence-electron chi connectivity index (χ1n) is 9.64. The second kappa shape index (κ2) is 7.70. The third kappa shape index (κ3) is 3.42. The van der Waals surface area contributed by atoms with Crippen LogP contribution in [0.3, 0.4) is 0 Å². The second-order valence-electron chi connectivity index (χ2n) is 7.21. The van der Waals surface area contributed by atoms with E-state index in [2.05, 4.69) is 10.3 Å². The number of hydrogen-bond acceptors (Lipinski definition) is 6. The molecule has 4 heterocycles. The number of carbonyl (C=O) groups is 1. The maximum atomic E-state index is 13.2. The van der Waals surface area contributed by atoms with Crippen LogP contribution in [0.25, 0.3) is 20.7 Å². The van der Waals surface area contributed by atoms with Crippen LogP contribution in [0, 0.1) is 6.92 Å². The quantitative estimate of drug-likeness (QED) is 0.521. The smallest absolute Gasteiger partial charge is 0.263 e. The standard InChI is InChI=1S/C22H19N3O3S2/c1-13-6-7-18(30-13)15-11-29-21-20(15)22(27)25(12-23-21)10-19(26)24-16-8-9-28-17-5-3-2-4-14(16)17/h2-7,11-12,16H,8-10H2,1H3,(H,24,26). The molecular weight excluding hydrogens is 418 g/mol. The minimum atomic E-state index is -0.219. The van der Waals surface area contributed by atoms with Crippen molar-refractivity contribution in [2.75, 3.05) is 6.61 Å². The number of amides is 1. The van der Waals surface area contributed by atoms with Gasteiger partial charge in [-0.1, -0.05) is 18.2 Å². The minimum Gasteiger partial charge on any atom is -0.493 e. The molecule has 1 aromatic carbocycles. The Bertz CT molecular complexity index is 1300. The zero-order chi connectivity index (χ0) is 20.7. The van der Waals surface area contributed by atoms with Gasteiger partial charge in [-0.3, -0.25) is 14.2 Å². The summed E-state index contributed by atoms with van der Waals surface area (Å²) in [5, 5.41) is 5.58. The normalized spacial score (nSPS) is 15.6. The largest absolute Gasteiger partial charge is 0.493 e. The molecule has 0 fully saturated rings. The van der Waals surface area contributed by atoms with Crippen molar-refractivity contribution in [1.82, 2.24) is 14.9 Å². The summed E-state index contributed by atoms with van der Waals surface area (Å²) in [4.78, 5) is 33.2. The number of para-hydroxylation sites is 1. The molecular formula is C22H19N3O3S2. The van der Waals surface area contributed by atoms with Gasteiger partial charge in [0.15, 0.2) is 0 Å². The highest BCUT2D eigenvalue weighted by molar-refractivity contribution is 7.19. The van der Waals surface area contributed by atoms with Crippen molar-refractivity contribution in [3.8, 4) is 16.2 Å². The Morgan fingerprint density at radius 1 is 1.30 bits per heavy atom. The summed E-state index contributed by atoms with van der Waals surface area (Å²) in [6, 6.07) is 11.6. The molecule has 0 saturated carbocycles. The van der Waals surface area contributed by atoms with Gasteiger partial charge in [0, 0.05) is 32.7 Å². The number of nitrogens with one attached hydrogen (secondary N) is 1. The lowest BCUT2D eigenvalue weighted by Gasteiger charge is -2.26. The van der Waals surface area contributed by atoms with Crippen LogP contribution < -0.4 is 15.6 Å². The van der Waals surface area contributed by atoms with Gasteiger partial charge in [-0.15, -0.1) is 22.7 Å². The number of rotatable bonds is 4. The number of aromatic nitrogens is 2. The van der Waals surface area contributed by atoms with E-state index in [1.54, 1.807) is 11.3 Å². The molecule has 152 valence electrons. The molecule has 0 aliphatic carbocycles. The molecule has 4 aromatic rings. The van der Waals surface area contributed by atoms with E-state index in [0.29, 0.717) is 23.2 Å². The topological polar surface area (TPSA) is 73.2 Å². The van der Waals surface area contributed by atoms with Crippen molar-refractivity contribution < 1.29 is 9.53 Å². The van der Waals surface area contributed by atoms with E-state index in [1.807, 2.05) is 48.7 Å². The van der Waals surface area contributed by atoms with Crippen LogP contribution in [-0.4, -0.2) is 22.1 Å². The number of hydrogen-bond donors (Lipinski definition) is 1. The first-order valence-corrected chi connectivity index (χ1v) is 11.3. The molecule has 8 heteroatoms. The molecule has 6 nitrogen and oxygen atoms in total. The minimum absolute atomic E-state index is 0.0694. The first-order chi connectivity index (χ1) is 14.6. The Balaban J connectivity index is 1.41. The van der Waals surface area contributed by atoms with Gasteiger partial charge in [-0.05, 0) is 25.1 Å². The van der Waals surface area contributed by atoms with Crippen molar-refractivity contribution >= 4 is 38.8 Å². The molecule has 1 aliphatic heterocycles. The van der Waals surface area contributed by atoms with Crippen LogP contribution in [0.5, 0.6) is 5.75 Å². The van der Waals surface area contributed by atoms with Gasteiger partial charge in [0.1, 0.15) is 17.1 Å². The number of aryl methyl sites for hydroxylation is 1. The van der Waals surface area contributed by atoms with Gasteiger partial charge >= 0.3 is 0 Å². The lowest BCUT2D eigenvalue weighted by atomic mass is 10.0. The second-order valence-corrected chi connectivity index (χ2v) is 9.36. The maximum absolute atomic E-state index is 13.2. The summed E-state index contributed by atoms with van der Waals surface area (Å²) in [6.45, 7) is 2.52. The molecule has 5 rings (SSSR count). The van der Waals surface area contributed by atoms with E-state index >= 15 is 0 Å². The van der Waals surface area contributed by atoms with Crippen molar-refractivity contribution in [2.45, 2.75) is 25.9 Å². The first kappa shape index (κ1) is 19.0. The highest BCUT2D eigenvalue weighted by atomic mass is 32.1. The molecule has 1 atom stereocenters. The van der Waals surface area contributed by atoms with E-state index in [0.717, 1.165) is 21.8 Å². The molecule has 1 amide bonds. The van der Waals surface area contributed by atoms with Crippen molar-refractivity contribution in [3.63, 3.8) is 0 Å². The fourth-order valence-electron chi connectivity index (χ4n) is 3.73. The van der Waals surface area contributed by atoms with Crippen molar-refractivity contribution in [1.29, 1.82) is 0 Å². The average Bonchev–Trinajstić information content (AvgIpc) is 3.37. The number of carbonyl (C=O) groups excluding carboxylic acids is 1. The number of nitrogens with zero attached hydrogens (tertiary/aromatic N) is 2. The van der Waals surface area contributed by atoms with Gasteiger partial charge < -0.3 is 10.1 Å². The summed E-state index contributed by atoms with van der Waals surface area (Å²) in [6.07, 6.45) is 2.16. The Morgan fingerprint density at radius 3 is 3.00 bits per heavy atom. The molecule has 0 radical (unpaired) electrons. The van der Waals surface area contributed by atoms with Crippen LogP contribution in [0.4, 0.5) is 0 Å². The highest BCUT2D eigenvalue weighted by Crippen LogP contribution is 2.35. The summed E-state index contributed by atoms with van der Waals surface area (Å²) < 4.78 is 7.04. The van der Waals surface area contributed by atoms with E-state index in [-0.39, 0.29) is 24.1 Å². The molecule has 0 saturated heterocycles. The summed E-state index contributed by atoms with van der Waals surface area (Å²) >= 11 is 3.09. The average molecular weight is 438 g/mol. The monoisotopic (exact) mass is 437 g/mol. The molecule has 30 heavy (non-hydrogen) atoms. The van der Waals surface area contributed by atoms with Gasteiger partial charge in [-0.25, -0.2) is 4.98 Å². The SMILES string of the molecule is Cc1ccc(-c2csc3ncn(CC(=O)NC4CCOc5ccccc54)c(=O)c23)s1. The van der Waals surface area contributed by atoms with Crippen molar-refractivity contribution in [3.05, 3.63) is 68.9 Å². The Kier molecular flexibility index (Phi) is 4.88. The lowest BCUT2D eigenvalue weighted by molar-refractivity contribution is -0.122. The summed E-state index contributed by atoms with van der Waals surface area (Å²) in [5.41, 5.74) is 1.66. The molecule has 0 spiro atoms. The molecule has 0 bridgehead atoms. The predicted molar refractivity (Wildman–Crippen MR) is 119 cm³/mol. The number of thiophene rings is 2. The Morgan fingerprint density at radius 2 is 2.17 bits per heavy atom. The Labute approximate surface area is 180 Å². The Hall–Kier alpha value is -2.97. The van der Waals surface area contributed by atoms with Crippen LogP contribution in [0.1, 0.15) is 22.9 Å². The molecule has 1 unspecified atom stereocenters. The third-order valence-electron chi connectivity index (χ3n) is 5.17. The van der Waals surface area contributed by atoms with Crippen LogP contribution in [0.2, 0.25) is 0 Å². The van der Waals surface area contributed by atoms with Gasteiger partial charge in [0.05, 0.1) is 24.4 Å². The van der Waals surface area contributed by atoms with Crippen LogP contribution in [0.15, 0.2) is 52.9 Å².